The molecule has 25 heavy (non-hydrogen) atoms. The molecule has 136 valence electrons. The monoisotopic (exact) mass is 343 g/mol. The van der Waals surface area contributed by atoms with E-state index in [1.165, 1.54) is 38.5 Å². The van der Waals surface area contributed by atoms with E-state index in [0.29, 0.717) is 12.6 Å². The van der Waals surface area contributed by atoms with Gasteiger partial charge in [-0.15, -0.1) is 0 Å². The molecule has 4 rings (SSSR count). The van der Waals surface area contributed by atoms with Crippen molar-refractivity contribution in [3.63, 3.8) is 0 Å². The van der Waals surface area contributed by atoms with E-state index in [2.05, 4.69) is 38.2 Å². The predicted molar refractivity (Wildman–Crippen MR) is 98.0 cm³/mol. The molecular weight excluding hydrogens is 314 g/mol. The highest BCUT2D eigenvalue weighted by molar-refractivity contribution is 5.82. The topological polar surface area (TPSA) is 69.3 Å². The van der Waals surface area contributed by atoms with Gasteiger partial charge >= 0.3 is 0 Å². The molecule has 0 radical (unpaired) electrons. The van der Waals surface area contributed by atoms with Crippen LogP contribution in [0, 0.1) is 5.92 Å². The summed E-state index contributed by atoms with van der Waals surface area (Å²) in [7, 11) is 0. The minimum atomic E-state index is -0.116. The molecule has 1 saturated carbocycles. The fraction of sp³-hybridized carbons (Fsp3) is 0.684. The van der Waals surface area contributed by atoms with Crippen LogP contribution in [0.3, 0.4) is 0 Å². The van der Waals surface area contributed by atoms with Crippen molar-refractivity contribution in [1.29, 1.82) is 0 Å². The first-order valence-corrected chi connectivity index (χ1v) is 9.78. The SMILES string of the molecule is O=C(NCc1ccc(N2CCCCCC2)nc1)C1CC(C2CC2)NN1. The third kappa shape index (κ3) is 4.30. The maximum atomic E-state index is 12.3. The number of hydrogen-bond donors (Lipinski definition) is 3. The molecular formula is C19H29N5O. The van der Waals surface area contributed by atoms with Gasteiger partial charge < -0.3 is 10.2 Å². The lowest BCUT2D eigenvalue weighted by molar-refractivity contribution is -0.123. The van der Waals surface area contributed by atoms with Gasteiger partial charge in [0.25, 0.3) is 0 Å². The summed E-state index contributed by atoms with van der Waals surface area (Å²) in [5, 5.41) is 3.03. The van der Waals surface area contributed by atoms with Crippen LogP contribution in [0.15, 0.2) is 18.3 Å². The molecule has 1 aliphatic carbocycles. The lowest BCUT2D eigenvalue weighted by Crippen LogP contribution is -2.43. The maximum absolute atomic E-state index is 12.3. The smallest absolute Gasteiger partial charge is 0.238 e. The fourth-order valence-corrected chi connectivity index (χ4v) is 3.88. The summed E-state index contributed by atoms with van der Waals surface area (Å²) in [5.74, 6) is 1.90. The summed E-state index contributed by atoms with van der Waals surface area (Å²) in [6, 6.07) is 4.52. The summed E-state index contributed by atoms with van der Waals surface area (Å²) in [6.07, 6.45) is 10.5. The number of nitrogens with zero attached hydrogens (tertiary/aromatic N) is 2. The summed E-state index contributed by atoms with van der Waals surface area (Å²) in [6.45, 7) is 2.75. The first-order valence-electron chi connectivity index (χ1n) is 9.78. The Kier molecular flexibility index (Phi) is 5.17. The summed E-state index contributed by atoms with van der Waals surface area (Å²) < 4.78 is 0. The van der Waals surface area contributed by atoms with Gasteiger partial charge in [-0.3, -0.25) is 10.2 Å². The van der Waals surface area contributed by atoms with Gasteiger partial charge in [-0.2, -0.15) is 0 Å². The summed E-state index contributed by atoms with van der Waals surface area (Å²) in [5.41, 5.74) is 7.46. The average molecular weight is 343 g/mol. The van der Waals surface area contributed by atoms with Crippen molar-refractivity contribution < 1.29 is 4.79 Å². The molecule has 2 saturated heterocycles. The zero-order chi connectivity index (χ0) is 17.1. The maximum Gasteiger partial charge on any atom is 0.238 e. The Hall–Kier alpha value is -1.66. The predicted octanol–water partition coefficient (Wildman–Crippen LogP) is 1.72. The average Bonchev–Trinajstić information content (AvgIpc) is 3.43. The van der Waals surface area contributed by atoms with Gasteiger partial charge in [0.15, 0.2) is 0 Å². The Bertz CT molecular complexity index is 578. The standard InChI is InChI=1S/C19H29N5O/c25-19(17-11-16(22-23-17)15-6-7-15)21-13-14-5-8-18(20-12-14)24-9-3-1-2-4-10-24/h5,8,12,15-17,22-23H,1-4,6-7,9-11,13H2,(H,21,25). The Morgan fingerprint density at radius 2 is 1.96 bits per heavy atom. The Morgan fingerprint density at radius 1 is 1.16 bits per heavy atom. The number of rotatable bonds is 5. The molecule has 6 heteroatoms. The number of carbonyl (C=O) groups excluding carboxylic acids is 1. The molecule has 3 aliphatic rings. The van der Waals surface area contributed by atoms with Crippen LogP contribution in [0.1, 0.15) is 50.5 Å². The number of hydrogen-bond acceptors (Lipinski definition) is 5. The molecule has 1 aromatic rings. The van der Waals surface area contributed by atoms with Crippen molar-refractivity contribution in [3.05, 3.63) is 23.9 Å². The van der Waals surface area contributed by atoms with Gasteiger partial charge in [0, 0.05) is 31.9 Å². The van der Waals surface area contributed by atoms with Crippen LogP contribution < -0.4 is 21.1 Å². The molecule has 6 nitrogen and oxygen atoms in total. The van der Waals surface area contributed by atoms with E-state index in [1.54, 1.807) is 0 Å². The van der Waals surface area contributed by atoms with E-state index in [9.17, 15) is 4.79 Å². The van der Waals surface area contributed by atoms with Gasteiger partial charge in [0.1, 0.15) is 11.9 Å². The van der Waals surface area contributed by atoms with E-state index in [-0.39, 0.29) is 11.9 Å². The molecule has 0 spiro atoms. The molecule has 0 bridgehead atoms. The number of carbonyl (C=O) groups is 1. The number of aromatic nitrogens is 1. The van der Waals surface area contributed by atoms with Crippen LogP contribution in [-0.4, -0.2) is 36.1 Å². The first kappa shape index (κ1) is 16.8. The van der Waals surface area contributed by atoms with Crippen LogP contribution in [0.2, 0.25) is 0 Å². The summed E-state index contributed by atoms with van der Waals surface area (Å²) >= 11 is 0. The van der Waals surface area contributed by atoms with E-state index in [4.69, 9.17) is 0 Å². The molecule has 2 aliphatic heterocycles. The zero-order valence-corrected chi connectivity index (χ0v) is 14.8. The minimum absolute atomic E-state index is 0.0762. The Morgan fingerprint density at radius 3 is 2.64 bits per heavy atom. The van der Waals surface area contributed by atoms with Crippen molar-refractivity contribution in [2.24, 2.45) is 5.92 Å². The third-order valence-electron chi connectivity index (χ3n) is 5.65. The Balaban J connectivity index is 1.25. The fourth-order valence-electron chi connectivity index (χ4n) is 3.88. The number of nitrogens with one attached hydrogen (secondary N) is 3. The van der Waals surface area contributed by atoms with E-state index < -0.39 is 0 Å². The van der Waals surface area contributed by atoms with Crippen LogP contribution in [0.25, 0.3) is 0 Å². The van der Waals surface area contributed by atoms with Gasteiger partial charge in [-0.1, -0.05) is 18.9 Å². The first-order chi connectivity index (χ1) is 12.3. The molecule has 1 aromatic heterocycles. The molecule has 3 N–H and O–H groups in total. The molecule has 2 atom stereocenters. The quantitative estimate of drug-likeness (QED) is 0.760. The van der Waals surface area contributed by atoms with E-state index in [0.717, 1.165) is 36.8 Å². The van der Waals surface area contributed by atoms with Crippen molar-refractivity contribution in [2.75, 3.05) is 18.0 Å². The van der Waals surface area contributed by atoms with Crippen LogP contribution in [0.4, 0.5) is 5.82 Å². The van der Waals surface area contributed by atoms with E-state index >= 15 is 0 Å². The largest absolute Gasteiger partial charge is 0.357 e. The third-order valence-corrected chi connectivity index (χ3v) is 5.65. The lowest BCUT2D eigenvalue weighted by atomic mass is 10.1. The molecule has 1 amide bonds. The van der Waals surface area contributed by atoms with E-state index in [1.807, 2.05) is 6.20 Å². The van der Waals surface area contributed by atoms with Crippen LogP contribution in [-0.2, 0) is 11.3 Å². The highest BCUT2D eigenvalue weighted by atomic mass is 16.2. The second-order valence-corrected chi connectivity index (χ2v) is 7.66. The van der Waals surface area contributed by atoms with Crippen molar-refractivity contribution >= 4 is 11.7 Å². The van der Waals surface area contributed by atoms with Gasteiger partial charge in [0.2, 0.25) is 5.91 Å². The molecule has 0 aromatic carbocycles. The number of pyridine rings is 1. The van der Waals surface area contributed by atoms with Crippen LogP contribution in [0.5, 0.6) is 0 Å². The molecule has 3 heterocycles. The lowest BCUT2D eigenvalue weighted by Gasteiger charge is -2.21. The van der Waals surface area contributed by atoms with Crippen molar-refractivity contribution in [3.8, 4) is 0 Å². The number of anilines is 1. The molecule has 2 unspecified atom stereocenters. The second-order valence-electron chi connectivity index (χ2n) is 7.66. The van der Waals surface area contributed by atoms with Gasteiger partial charge in [-0.05, 0) is 49.7 Å². The van der Waals surface area contributed by atoms with Crippen LogP contribution >= 0.6 is 0 Å². The normalized spacial score (nSPS) is 27.1. The highest BCUT2D eigenvalue weighted by Gasteiger charge is 2.38. The van der Waals surface area contributed by atoms with Gasteiger partial charge in [-0.25, -0.2) is 10.4 Å². The summed E-state index contributed by atoms with van der Waals surface area (Å²) in [4.78, 5) is 19.3. The number of hydrazine groups is 1. The number of amides is 1. The van der Waals surface area contributed by atoms with Crippen molar-refractivity contribution in [1.82, 2.24) is 21.2 Å². The highest BCUT2D eigenvalue weighted by Crippen LogP contribution is 2.35. The minimum Gasteiger partial charge on any atom is -0.357 e. The Labute approximate surface area is 149 Å². The zero-order valence-electron chi connectivity index (χ0n) is 14.8. The molecule has 3 fully saturated rings. The van der Waals surface area contributed by atoms with Crippen molar-refractivity contribution in [2.45, 2.75) is 63.6 Å². The second kappa shape index (κ2) is 7.70. The van der Waals surface area contributed by atoms with Gasteiger partial charge in [0.05, 0.1) is 0 Å².